The van der Waals surface area contributed by atoms with Gasteiger partial charge in [0.05, 0.1) is 17.7 Å². The molecule has 0 unspecified atom stereocenters. The van der Waals surface area contributed by atoms with Crippen LogP contribution < -0.4 is 5.32 Å². The minimum absolute atomic E-state index is 0.177. The Morgan fingerprint density at radius 2 is 1.79 bits per heavy atom. The van der Waals surface area contributed by atoms with E-state index in [1.165, 1.54) is 12.8 Å². The fraction of sp³-hybridized carbons (Fsp3) is 0.722. The van der Waals surface area contributed by atoms with E-state index in [9.17, 15) is 9.90 Å². The summed E-state index contributed by atoms with van der Waals surface area (Å²) in [7, 11) is 0. The summed E-state index contributed by atoms with van der Waals surface area (Å²) in [5, 5.41) is 13.7. The molecular weight excluding hydrogens is 304 g/mol. The van der Waals surface area contributed by atoms with E-state index in [2.05, 4.69) is 20.2 Å². The van der Waals surface area contributed by atoms with Gasteiger partial charge >= 0.3 is 0 Å². The average Bonchev–Trinajstić information content (AvgIpc) is 3.32. The van der Waals surface area contributed by atoms with Crippen LogP contribution in [0.3, 0.4) is 0 Å². The van der Waals surface area contributed by atoms with Crippen molar-refractivity contribution in [2.45, 2.75) is 69.1 Å². The first-order valence-corrected chi connectivity index (χ1v) is 9.27. The van der Waals surface area contributed by atoms with E-state index in [4.69, 9.17) is 0 Å². The van der Waals surface area contributed by atoms with Gasteiger partial charge in [0.25, 0.3) is 5.91 Å². The van der Waals surface area contributed by atoms with Crippen LogP contribution in [0.15, 0.2) is 12.4 Å². The lowest BCUT2D eigenvalue weighted by molar-refractivity contribution is 0.00703. The Balaban J connectivity index is 1.38. The lowest BCUT2D eigenvalue weighted by Gasteiger charge is -2.40. The van der Waals surface area contributed by atoms with Crippen LogP contribution in [0.1, 0.15) is 67.0 Å². The van der Waals surface area contributed by atoms with Crippen molar-refractivity contribution in [1.82, 2.24) is 20.2 Å². The summed E-state index contributed by atoms with van der Waals surface area (Å²) in [6.45, 7) is 2.14. The van der Waals surface area contributed by atoms with Gasteiger partial charge in [0.1, 0.15) is 5.82 Å². The van der Waals surface area contributed by atoms with Gasteiger partial charge in [-0.1, -0.05) is 0 Å². The number of amides is 1. The number of aliphatic hydroxyl groups is 1. The quantitative estimate of drug-likeness (QED) is 0.874. The number of nitrogens with one attached hydrogen (secondary N) is 1. The van der Waals surface area contributed by atoms with Crippen molar-refractivity contribution in [3.8, 4) is 0 Å². The number of carbonyl (C=O) groups is 1. The Bertz CT molecular complexity index is 581. The molecule has 2 aliphatic carbocycles. The molecule has 1 aliphatic heterocycles. The van der Waals surface area contributed by atoms with Crippen LogP contribution in [0.4, 0.5) is 0 Å². The Morgan fingerprint density at radius 1 is 1.08 bits per heavy atom. The largest absolute Gasteiger partial charge is 0.389 e. The molecule has 1 saturated heterocycles. The van der Waals surface area contributed by atoms with Crippen LogP contribution in [-0.2, 0) is 0 Å². The summed E-state index contributed by atoms with van der Waals surface area (Å²) in [5.74, 6) is 1.16. The van der Waals surface area contributed by atoms with Crippen molar-refractivity contribution in [1.29, 1.82) is 0 Å². The Morgan fingerprint density at radius 3 is 2.46 bits per heavy atom. The molecular formula is C18H26N4O2. The van der Waals surface area contributed by atoms with E-state index >= 15 is 0 Å². The van der Waals surface area contributed by atoms with E-state index in [0.717, 1.165) is 51.0 Å². The van der Waals surface area contributed by atoms with Crippen LogP contribution in [0.5, 0.6) is 0 Å². The monoisotopic (exact) mass is 330 g/mol. The predicted molar refractivity (Wildman–Crippen MR) is 89.7 cm³/mol. The molecule has 0 radical (unpaired) electrons. The first kappa shape index (κ1) is 16.0. The van der Waals surface area contributed by atoms with E-state index in [1.54, 1.807) is 12.4 Å². The van der Waals surface area contributed by atoms with Gasteiger partial charge in [0.15, 0.2) is 0 Å². The lowest BCUT2D eigenvalue weighted by atomic mass is 9.87. The number of rotatable bonds is 4. The number of aliphatic hydroxyl groups excluding tert-OH is 1. The second-order valence-corrected chi connectivity index (χ2v) is 7.42. The molecule has 130 valence electrons. The van der Waals surface area contributed by atoms with Gasteiger partial charge in [-0.2, -0.15) is 0 Å². The van der Waals surface area contributed by atoms with Crippen molar-refractivity contribution < 1.29 is 9.90 Å². The van der Waals surface area contributed by atoms with Gasteiger partial charge in [-0.15, -0.1) is 0 Å². The third kappa shape index (κ3) is 3.30. The molecule has 0 aromatic carbocycles. The van der Waals surface area contributed by atoms with Crippen molar-refractivity contribution >= 4 is 5.91 Å². The predicted octanol–water partition coefficient (Wildman–Crippen LogP) is 1.46. The van der Waals surface area contributed by atoms with Gasteiger partial charge < -0.3 is 10.4 Å². The van der Waals surface area contributed by atoms with Gasteiger partial charge in [0.2, 0.25) is 0 Å². The van der Waals surface area contributed by atoms with Crippen molar-refractivity contribution in [3.63, 3.8) is 0 Å². The molecule has 1 aromatic heterocycles. The normalized spacial score (nSPS) is 31.1. The molecule has 1 aromatic rings. The molecule has 4 rings (SSSR count). The molecule has 6 heteroatoms. The highest BCUT2D eigenvalue weighted by molar-refractivity contribution is 5.93. The van der Waals surface area contributed by atoms with Crippen LogP contribution in [0.25, 0.3) is 0 Å². The smallest absolute Gasteiger partial charge is 0.254 e. The second kappa shape index (κ2) is 6.76. The SMILES string of the molecule is O=C(N[C@@H]1CCC[C@@H](N2CCCC2)[C@@H]1O)c1cnc(C2CC2)nc1. The highest BCUT2D eigenvalue weighted by Crippen LogP contribution is 2.37. The van der Waals surface area contributed by atoms with Gasteiger partial charge in [0, 0.05) is 24.4 Å². The second-order valence-electron chi connectivity index (χ2n) is 7.42. The number of hydrogen-bond donors (Lipinski definition) is 2. The first-order chi connectivity index (χ1) is 11.7. The number of likely N-dealkylation sites (tertiary alicyclic amines) is 1. The molecule has 3 fully saturated rings. The molecule has 0 bridgehead atoms. The first-order valence-electron chi connectivity index (χ1n) is 9.27. The molecule has 2 N–H and O–H groups in total. The molecule has 2 saturated carbocycles. The van der Waals surface area contributed by atoms with E-state index < -0.39 is 6.10 Å². The third-order valence-corrected chi connectivity index (χ3v) is 5.62. The van der Waals surface area contributed by atoms with E-state index in [1.807, 2.05) is 0 Å². The molecule has 3 aliphatic rings. The summed E-state index contributed by atoms with van der Waals surface area (Å²) in [4.78, 5) is 23.5. The summed E-state index contributed by atoms with van der Waals surface area (Å²) >= 11 is 0. The maximum atomic E-state index is 12.5. The summed E-state index contributed by atoms with van der Waals surface area (Å²) < 4.78 is 0. The van der Waals surface area contributed by atoms with Crippen LogP contribution in [-0.4, -0.2) is 57.2 Å². The molecule has 3 atom stereocenters. The van der Waals surface area contributed by atoms with Gasteiger partial charge in [-0.05, 0) is 58.0 Å². The van der Waals surface area contributed by atoms with Crippen molar-refractivity contribution in [2.75, 3.05) is 13.1 Å². The highest BCUT2D eigenvalue weighted by atomic mass is 16.3. The zero-order valence-corrected chi connectivity index (χ0v) is 14.0. The fourth-order valence-electron chi connectivity index (χ4n) is 4.05. The highest BCUT2D eigenvalue weighted by Gasteiger charge is 2.37. The summed E-state index contributed by atoms with van der Waals surface area (Å²) in [6, 6.07) is 0.00000112. The Kier molecular flexibility index (Phi) is 4.50. The number of hydrogen-bond acceptors (Lipinski definition) is 5. The maximum absolute atomic E-state index is 12.5. The standard InChI is InChI=1S/C18H26N4O2/c23-16-14(4-3-5-15(16)22-8-1-2-9-22)21-18(24)13-10-19-17(20-11-13)12-6-7-12/h10-12,14-16,23H,1-9H2,(H,21,24)/t14-,15-,16-/m1/s1. The van der Waals surface area contributed by atoms with Crippen LogP contribution in [0.2, 0.25) is 0 Å². The van der Waals surface area contributed by atoms with Crippen molar-refractivity contribution in [3.05, 3.63) is 23.8 Å². The van der Waals surface area contributed by atoms with Crippen molar-refractivity contribution in [2.24, 2.45) is 0 Å². The summed E-state index contributed by atoms with van der Waals surface area (Å²) in [5.41, 5.74) is 0.481. The molecule has 0 spiro atoms. The lowest BCUT2D eigenvalue weighted by Crippen LogP contribution is -2.56. The molecule has 1 amide bonds. The summed E-state index contributed by atoms with van der Waals surface area (Å²) in [6.07, 6.45) is 10.4. The number of nitrogens with zero attached hydrogens (tertiary/aromatic N) is 3. The Hall–Kier alpha value is -1.53. The zero-order valence-electron chi connectivity index (χ0n) is 14.0. The molecule has 2 heterocycles. The minimum atomic E-state index is -0.493. The van der Waals surface area contributed by atoms with E-state index in [-0.39, 0.29) is 18.0 Å². The number of aromatic nitrogens is 2. The number of carbonyl (C=O) groups excluding carboxylic acids is 1. The molecule has 6 nitrogen and oxygen atoms in total. The van der Waals surface area contributed by atoms with Gasteiger partial charge in [-0.25, -0.2) is 9.97 Å². The fourth-order valence-corrected chi connectivity index (χ4v) is 4.05. The minimum Gasteiger partial charge on any atom is -0.389 e. The van der Waals surface area contributed by atoms with Crippen LogP contribution in [0, 0.1) is 0 Å². The topological polar surface area (TPSA) is 78.4 Å². The zero-order chi connectivity index (χ0) is 16.5. The third-order valence-electron chi connectivity index (χ3n) is 5.62. The maximum Gasteiger partial charge on any atom is 0.254 e. The Labute approximate surface area is 142 Å². The molecule has 24 heavy (non-hydrogen) atoms. The van der Waals surface area contributed by atoms with Gasteiger partial charge in [-0.3, -0.25) is 9.69 Å². The van der Waals surface area contributed by atoms with E-state index in [0.29, 0.717) is 11.5 Å². The average molecular weight is 330 g/mol. The van der Waals surface area contributed by atoms with Crippen LogP contribution >= 0.6 is 0 Å².